The average Bonchev–Trinajstić information content (AvgIpc) is 2.78. The molecule has 0 saturated carbocycles. The molecule has 5 nitrogen and oxygen atoms in total. The Morgan fingerprint density at radius 1 is 0.862 bits per heavy atom. The number of amides is 2. The zero-order valence-electron chi connectivity index (χ0n) is 16.5. The molecule has 0 aromatic heterocycles. The minimum absolute atomic E-state index is 0.117. The van der Waals surface area contributed by atoms with Crippen LogP contribution in [0.3, 0.4) is 0 Å². The second-order valence-electron chi connectivity index (χ2n) is 6.55. The molecule has 150 valence electrons. The van der Waals surface area contributed by atoms with Crippen molar-refractivity contribution < 1.29 is 14.3 Å². The van der Waals surface area contributed by atoms with E-state index < -0.39 is 0 Å². The number of carbonyl (C=O) groups excluding carboxylic acids is 1. The molecule has 0 aliphatic heterocycles. The van der Waals surface area contributed by atoms with Crippen LogP contribution in [0.5, 0.6) is 11.5 Å². The normalized spacial score (nSPS) is 11.3. The summed E-state index contributed by atoms with van der Waals surface area (Å²) in [6.07, 6.45) is 0.718. The molecule has 3 aromatic rings. The van der Waals surface area contributed by atoms with E-state index in [4.69, 9.17) is 9.47 Å². The highest BCUT2D eigenvalue weighted by Gasteiger charge is 2.15. The lowest BCUT2D eigenvalue weighted by molar-refractivity contribution is 0.232. The van der Waals surface area contributed by atoms with Gasteiger partial charge in [0.25, 0.3) is 0 Å². The van der Waals surface area contributed by atoms with Crippen molar-refractivity contribution in [3.63, 3.8) is 0 Å². The zero-order chi connectivity index (χ0) is 20.3. The maximum Gasteiger partial charge on any atom is 0.315 e. The predicted octanol–water partition coefficient (Wildman–Crippen LogP) is 4.36. The van der Waals surface area contributed by atoms with Crippen molar-refractivity contribution in [2.75, 3.05) is 20.3 Å². The van der Waals surface area contributed by atoms with Crippen molar-refractivity contribution in [1.29, 1.82) is 0 Å². The van der Waals surface area contributed by atoms with E-state index in [1.165, 1.54) is 5.56 Å². The van der Waals surface area contributed by atoms with E-state index in [-0.39, 0.29) is 12.1 Å². The van der Waals surface area contributed by atoms with Gasteiger partial charge in [0, 0.05) is 0 Å². The van der Waals surface area contributed by atoms with Gasteiger partial charge in [0.05, 0.1) is 19.7 Å². The van der Waals surface area contributed by atoms with Gasteiger partial charge in [-0.25, -0.2) is 4.79 Å². The molecule has 0 fully saturated rings. The summed E-state index contributed by atoms with van der Waals surface area (Å²) in [6.45, 7) is 0.735. The summed E-state index contributed by atoms with van der Waals surface area (Å²) in [5.41, 5.74) is 2.23. The van der Waals surface area contributed by atoms with Crippen LogP contribution in [-0.2, 0) is 6.42 Å². The Balaban J connectivity index is 1.53. The molecule has 2 amide bonds. The second-order valence-corrected chi connectivity index (χ2v) is 6.55. The fourth-order valence-electron chi connectivity index (χ4n) is 3.06. The van der Waals surface area contributed by atoms with Crippen molar-refractivity contribution in [2.24, 2.45) is 0 Å². The molecule has 1 unspecified atom stereocenters. The standard InChI is InChI=1S/C24H26N2O3/c1-28-22-14-8-9-15-23(22)29-17-16-25-24(27)26-21(20-12-6-3-7-13-20)18-19-10-4-2-5-11-19/h2-15,21H,16-18H2,1H3,(H2,25,26,27). The van der Waals surface area contributed by atoms with Gasteiger partial charge < -0.3 is 20.1 Å². The smallest absolute Gasteiger partial charge is 0.315 e. The van der Waals surface area contributed by atoms with Crippen LogP contribution >= 0.6 is 0 Å². The highest BCUT2D eigenvalue weighted by atomic mass is 16.5. The topological polar surface area (TPSA) is 59.6 Å². The number of para-hydroxylation sites is 2. The number of urea groups is 1. The Bertz CT molecular complexity index is 885. The van der Waals surface area contributed by atoms with E-state index >= 15 is 0 Å². The third kappa shape index (κ3) is 6.28. The van der Waals surface area contributed by atoms with Gasteiger partial charge in [0.2, 0.25) is 0 Å². The van der Waals surface area contributed by atoms with Gasteiger partial charge in [0.15, 0.2) is 11.5 Å². The summed E-state index contributed by atoms with van der Waals surface area (Å²) in [5, 5.41) is 5.93. The maximum atomic E-state index is 12.4. The molecule has 0 saturated heterocycles. The number of methoxy groups -OCH3 is 1. The minimum Gasteiger partial charge on any atom is -0.493 e. The van der Waals surface area contributed by atoms with Crippen LogP contribution < -0.4 is 20.1 Å². The summed E-state index contributed by atoms with van der Waals surface area (Å²) in [7, 11) is 1.60. The van der Waals surface area contributed by atoms with Crippen LogP contribution in [-0.4, -0.2) is 26.3 Å². The van der Waals surface area contributed by atoms with Gasteiger partial charge in [0.1, 0.15) is 6.61 Å². The van der Waals surface area contributed by atoms with Crippen molar-refractivity contribution in [1.82, 2.24) is 10.6 Å². The molecular formula is C24H26N2O3. The number of hydrogen-bond donors (Lipinski definition) is 2. The van der Waals surface area contributed by atoms with Crippen molar-refractivity contribution >= 4 is 6.03 Å². The molecule has 0 aliphatic rings. The van der Waals surface area contributed by atoms with Gasteiger partial charge >= 0.3 is 6.03 Å². The van der Waals surface area contributed by atoms with Crippen LogP contribution in [0.4, 0.5) is 4.79 Å². The first kappa shape index (κ1) is 20.3. The lowest BCUT2D eigenvalue weighted by Gasteiger charge is -2.20. The number of ether oxygens (including phenoxy) is 2. The molecule has 0 bridgehead atoms. The SMILES string of the molecule is COc1ccccc1OCCNC(=O)NC(Cc1ccccc1)c1ccccc1. The van der Waals surface area contributed by atoms with E-state index in [1.54, 1.807) is 7.11 Å². The van der Waals surface area contributed by atoms with Crippen LogP contribution in [0.25, 0.3) is 0 Å². The highest BCUT2D eigenvalue weighted by Crippen LogP contribution is 2.25. The summed E-state index contributed by atoms with van der Waals surface area (Å²) < 4.78 is 11.0. The van der Waals surface area contributed by atoms with Gasteiger partial charge in [-0.1, -0.05) is 72.8 Å². The van der Waals surface area contributed by atoms with Crippen molar-refractivity contribution in [2.45, 2.75) is 12.5 Å². The van der Waals surface area contributed by atoms with Crippen molar-refractivity contribution in [3.8, 4) is 11.5 Å². The first-order valence-electron chi connectivity index (χ1n) is 9.65. The maximum absolute atomic E-state index is 12.4. The van der Waals surface area contributed by atoms with E-state index in [1.807, 2.05) is 72.8 Å². The lowest BCUT2D eigenvalue weighted by atomic mass is 9.99. The van der Waals surface area contributed by atoms with E-state index in [9.17, 15) is 4.79 Å². The summed E-state index contributed by atoms with van der Waals surface area (Å²) >= 11 is 0. The first-order chi connectivity index (χ1) is 14.3. The Hall–Kier alpha value is -3.47. The van der Waals surface area contributed by atoms with Crippen LogP contribution in [0, 0.1) is 0 Å². The fraction of sp³-hybridized carbons (Fsp3) is 0.208. The second kappa shape index (κ2) is 10.8. The minimum atomic E-state index is -0.224. The largest absolute Gasteiger partial charge is 0.493 e. The molecule has 2 N–H and O–H groups in total. The number of benzene rings is 3. The molecule has 3 rings (SSSR count). The third-order valence-corrected chi connectivity index (χ3v) is 4.50. The number of hydrogen-bond acceptors (Lipinski definition) is 3. The molecule has 29 heavy (non-hydrogen) atoms. The quantitative estimate of drug-likeness (QED) is 0.534. The number of nitrogens with one attached hydrogen (secondary N) is 2. The zero-order valence-corrected chi connectivity index (χ0v) is 16.5. The van der Waals surface area contributed by atoms with Crippen LogP contribution in [0.15, 0.2) is 84.9 Å². The molecule has 0 aliphatic carbocycles. The molecule has 0 spiro atoms. The Morgan fingerprint density at radius 3 is 2.17 bits per heavy atom. The molecule has 5 heteroatoms. The Morgan fingerprint density at radius 2 is 1.48 bits per heavy atom. The monoisotopic (exact) mass is 390 g/mol. The van der Waals surface area contributed by atoms with E-state index in [0.29, 0.717) is 24.7 Å². The molecule has 0 radical (unpaired) electrons. The van der Waals surface area contributed by atoms with Crippen LogP contribution in [0.1, 0.15) is 17.2 Å². The van der Waals surface area contributed by atoms with E-state index in [2.05, 4.69) is 22.8 Å². The summed E-state index contributed by atoms with van der Waals surface area (Å²) in [5.74, 6) is 1.33. The van der Waals surface area contributed by atoms with Gasteiger partial charge in [-0.2, -0.15) is 0 Å². The molecule has 3 aromatic carbocycles. The summed E-state index contributed by atoms with van der Waals surface area (Å²) in [6, 6.07) is 27.2. The van der Waals surface area contributed by atoms with Gasteiger partial charge in [-0.15, -0.1) is 0 Å². The first-order valence-corrected chi connectivity index (χ1v) is 9.65. The molecule has 0 heterocycles. The molecule has 1 atom stereocenters. The predicted molar refractivity (Wildman–Crippen MR) is 114 cm³/mol. The van der Waals surface area contributed by atoms with E-state index in [0.717, 1.165) is 12.0 Å². The van der Waals surface area contributed by atoms with Crippen molar-refractivity contribution in [3.05, 3.63) is 96.1 Å². The Kier molecular flexibility index (Phi) is 7.52. The Labute approximate surface area is 171 Å². The molecular weight excluding hydrogens is 364 g/mol. The lowest BCUT2D eigenvalue weighted by Crippen LogP contribution is -2.40. The van der Waals surface area contributed by atoms with Gasteiger partial charge in [-0.3, -0.25) is 0 Å². The fourth-order valence-corrected chi connectivity index (χ4v) is 3.06. The summed E-state index contributed by atoms with van der Waals surface area (Å²) in [4.78, 5) is 12.4. The van der Waals surface area contributed by atoms with Gasteiger partial charge in [-0.05, 0) is 29.7 Å². The average molecular weight is 390 g/mol. The number of rotatable bonds is 9. The highest BCUT2D eigenvalue weighted by molar-refractivity contribution is 5.74. The third-order valence-electron chi connectivity index (χ3n) is 4.50. The number of carbonyl (C=O) groups is 1. The van der Waals surface area contributed by atoms with Crippen LogP contribution in [0.2, 0.25) is 0 Å².